The van der Waals surface area contributed by atoms with Crippen LogP contribution in [0.5, 0.6) is 0 Å². The predicted octanol–water partition coefficient (Wildman–Crippen LogP) is 3.74. The molecule has 0 aliphatic carbocycles. The Balaban J connectivity index is 1.81. The Morgan fingerprint density at radius 2 is 2.00 bits per heavy atom. The topological polar surface area (TPSA) is 37.6 Å². The van der Waals surface area contributed by atoms with Gasteiger partial charge in [-0.3, -0.25) is 14.1 Å². The molecule has 4 nitrogen and oxygen atoms in total. The fourth-order valence-corrected chi connectivity index (χ4v) is 3.56. The average molecular weight is 348 g/mol. The van der Waals surface area contributed by atoms with Crippen LogP contribution in [0.2, 0.25) is 5.02 Å². The molecule has 0 unspecified atom stereocenters. The highest BCUT2D eigenvalue weighted by molar-refractivity contribution is 7.15. The molecular weight excluding hydrogens is 330 g/mol. The minimum absolute atomic E-state index is 0.00806. The second-order valence-corrected chi connectivity index (χ2v) is 6.78. The first-order valence-corrected chi connectivity index (χ1v) is 8.76. The van der Waals surface area contributed by atoms with Gasteiger partial charge in [0.05, 0.1) is 5.69 Å². The van der Waals surface area contributed by atoms with Crippen molar-refractivity contribution in [2.24, 2.45) is 0 Å². The van der Waals surface area contributed by atoms with Crippen LogP contribution in [0.3, 0.4) is 0 Å². The first kappa shape index (κ1) is 16.2. The first-order chi connectivity index (χ1) is 11.1. The third kappa shape index (κ3) is 3.63. The zero-order valence-corrected chi connectivity index (χ0v) is 14.7. The summed E-state index contributed by atoms with van der Waals surface area (Å²) in [6.07, 6.45) is 0. The van der Waals surface area contributed by atoms with Gasteiger partial charge in [0.2, 0.25) is 0 Å². The van der Waals surface area contributed by atoms with Crippen LogP contribution in [-0.4, -0.2) is 20.8 Å². The molecule has 0 atom stereocenters. The molecule has 0 spiro atoms. The van der Waals surface area contributed by atoms with E-state index >= 15 is 0 Å². The Hall–Kier alpha value is -1.69. The van der Waals surface area contributed by atoms with Crippen molar-refractivity contribution < 1.29 is 0 Å². The molecule has 3 aromatic rings. The molecule has 0 aliphatic rings. The Morgan fingerprint density at radius 3 is 2.70 bits per heavy atom. The molecular formula is C17H18ClN3OS. The van der Waals surface area contributed by atoms with Crippen LogP contribution in [0.15, 0.2) is 40.5 Å². The van der Waals surface area contributed by atoms with Crippen molar-refractivity contribution in [3.63, 3.8) is 0 Å². The molecule has 2 heterocycles. The maximum atomic E-state index is 12.2. The Morgan fingerprint density at radius 1 is 1.26 bits per heavy atom. The van der Waals surface area contributed by atoms with E-state index in [1.807, 2.05) is 36.6 Å². The van der Waals surface area contributed by atoms with Gasteiger partial charge in [-0.05, 0) is 31.2 Å². The van der Waals surface area contributed by atoms with Crippen molar-refractivity contribution >= 4 is 27.9 Å². The number of hydrogen-bond acceptors (Lipinski definition) is 4. The lowest BCUT2D eigenvalue weighted by atomic mass is 10.2. The van der Waals surface area contributed by atoms with Crippen LogP contribution in [-0.2, 0) is 13.1 Å². The lowest BCUT2D eigenvalue weighted by molar-refractivity contribution is 0.268. The van der Waals surface area contributed by atoms with E-state index < -0.39 is 0 Å². The molecule has 0 aliphatic heterocycles. The molecule has 120 valence electrons. The Labute approximate surface area is 144 Å². The molecule has 3 rings (SSSR count). The van der Waals surface area contributed by atoms with Gasteiger partial charge < -0.3 is 0 Å². The Kier molecular flexibility index (Phi) is 4.80. The number of aromatic nitrogens is 2. The lowest BCUT2D eigenvalue weighted by Crippen LogP contribution is -2.25. The highest BCUT2D eigenvalue weighted by Gasteiger charge is 2.10. The third-order valence-electron chi connectivity index (χ3n) is 3.78. The fraction of sp³-hybridized carbons (Fsp3) is 0.294. The van der Waals surface area contributed by atoms with Gasteiger partial charge in [-0.25, -0.2) is 4.98 Å². The summed E-state index contributed by atoms with van der Waals surface area (Å²) in [6, 6.07) is 9.49. The van der Waals surface area contributed by atoms with Gasteiger partial charge in [0.25, 0.3) is 5.56 Å². The lowest BCUT2D eigenvalue weighted by Gasteiger charge is -2.20. The molecule has 0 radical (unpaired) electrons. The van der Waals surface area contributed by atoms with E-state index in [2.05, 4.69) is 16.8 Å². The number of benzene rings is 1. The number of rotatable bonds is 5. The maximum absolute atomic E-state index is 12.2. The summed E-state index contributed by atoms with van der Waals surface area (Å²) in [5.74, 6) is 0. The molecule has 0 amide bonds. The van der Waals surface area contributed by atoms with Crippen molar-refractivity contribution in [1.29, 1.82) is 0 Å². The van der Waals surface area contributed by atoms with Crippen LogP contribution in [0.25, 0.3) is 4.96 Å². The van der Waals surface area contributed by atoms with E-state index in [4.69, 9.17) is 11.6 Å². The van der Waals surface area contributed by atoms with Gasteiger partial charge in [-0.15, -0.1) is 11.3 Å². The molecule has 0 bridgehead atoms. The van der Waals surface area contributed by atoms with Gasteiger partial charge in [0, 0.05) is 35.3 Å². The number of halogens is 1. The SMILES string of the molecule is CCN(Cc1ccc(Cl)cc1)Cc1cc(=O)n2c(C)csc2n1. The normalized spacial score (nSPS) is 11.5. The molecule has 1 aromatic carbocycles. The highest BCUT2D eigenvalue weighted by atomic mass is 35.5. The second-order valence-electron chi connectivity index (χ2n) is 5.51. The van der Waals surface area contributed by atoms with Gasteiger partial charge in [-0.1, -0.05) is 30.7 Å². The fourth-order valence-electron chi connectivity index (χ4n) is 2.54. The quantitative estimate of drug-likeness (QED) is 0.705. The largest absolute Gasteiger partial charge is 0.294 e. The maximum Gasteiger partial charge on any atom is 0.259 e. The second kappa shape index (κ2) is 6.83. The summed E-state index contributed by atoms with van der Waals surface area (Å²) in [7, 11) is 0. The highest BCUT2D eigenvalue weighted by Crippen LogP contribution is 2.15. The molecule has 0 fully saturated rings. The van der Waals surface area contributed by atoms with Crippen LogP contribution in [0, 0.1) is 6.92 Å². The van der Waals surface area contributed by atoms with E-state index in [1.54, 1.807) is 10.5 Å². The van der Waals surface area contributed by atoms with Crippen LogP contribution in [0.1, 0.15) is 23.9 Å². The minimum Gasteiger partial charge on any atom is -0.294 e. The van der Waals surface area contributed by atoms with E-state index in [1.165, 1.54) is 16.9 Å². The number of hydrogen-bond donors (Lipinski definition) is 0. The summed E-state index contributed by atoms with van der Waals surface area (Å²) < 4.78 is 1.66. The number of aryl methyl sites for hydroxylation is 1. The monoisotopic (exact) mass is 347 g/mol. The van der Waals surface area contributed by atoms with Crippen molar-refractivity contribution in [1.82, 2.24) is 14.3 Å². The molecule has 23 heavy (non-hydrogen) atoms. The average Bonchev–Trinajstić information content (AvgIpc) is 2.90. The standard InChI is InChI=1S/C17H18ClN3OS/c1-3-20(9-13-4-6-14(18)7-5-13)10-15-8-16(22)21-12(2)11-23-17(21)19-15/h4-8,11H,3,9-10H2,1-2H3. The summed E-state index contributed by atoms with van der Waals surface area (Å²) in [5.41, 5.74) is 2.93. The van der Waals surface area contributed by atoms with Gasteiger partial charge in [0.1, 0.15) is 0 Å². The van der Waals surface area contributed by atoms with Crippen LogP contribution in [0.4, 0.5) is 0 Å². The summed E-state index contributed by atoms with van der Waals surface area (Å²) in [4.78, 5) is 19.9. The summed E-state index contributed by atoms with van der Waals surface area (Å²) in [6.45, 7) is 6.37. The zero-order valence-electron chi connectivity index (χ0n) is 13.1. The van der Waals surface area contributed by atoms with Gasteiger partial charge in [-0.2, -0.15) is 0 Å². The third-order valence-corrected chi connectivity index (χ3v) is 4.98. The van der Waals surface area contributed by atoms with Crippen molar-refractivity contribution in [2.45, 2.75) is 26.9 Å². The molecule has 0 N–H and O–H groups in total. The van der Waals surface area contributed by atoms with E-state index in [0.29, 0.717) is 6.54 Å². The number of thiazole rings is 1. The zero-order chi connectivity index (χ0) is 16.4. The van der Waals surface area contributed by atoms with Gasteiger partial charge >= 0.3 is 0 Å². The number of nitrogens with zero attached hydrogens (tertiary/aromatic N) is 3. The van der Waals surface area contributed by atoms with Crippen LogP contribution < -0.4 is 5.56 Å². The van der Waals surface area contributed by atoms with E-state index in [0.717, 1.165) is 34.5 Å². The molecule has 6 heteroatoms. The first-order valence-electron chi connectivity index (χ1n) is 7.50. The van der Waals surface area contributed by atoms with Crippen molar-refractivity contribution in [2.75, 3.05) is 6.54 Å². The van der Waals surface area contributed by atoms with Crippen molar-refractivity contribution in [3.05, 3.63) is 68.0 Å². The van der Waals surface area contributed by atoms with Gasteiger partial charge in [0.15, 0.2) is 4.96 Å². The molecule has 2 aromatic heterocycles. The van der Waals surface area contributed by atoms with Crippen molar-refractivity contribution in [3.8, 4) is 0 Å². The number of fused-ring (bicyclic) bond motifs is 1. The Bertz CT molecular complexity index is 870. The minimum atomic E-state index is -0.00806. The van der Waals surface area contributed by atoms with Crippen LogP contribution >= 0.6 is 22.9 Å². The summed E-state index contributed by atoms with van der Waals surface area (Å²) >= 11 is 7.43. The predicted molar refractivity (Wildman–Crippen MR) is 95.3 cm³/mol. The molecule has 0 saturated carbocycles. The molecule has 0 saturated heterocycles. The van der Waals surface area contributed by atoms with E-state index in [-0.39, 0.29) is 5.56 Å². The van der Waals surface area contributed by atoms with E-state index in [9.17, 15) is 4.79 Å². The smallest absolute Gasteiger partial charge is 0.259 e. The summed E-state index contributed by atoms with van der Waals surface area (Å²) in [5, 5.41) is 2.70.